The highest BCUT2D eigenvalue weighted by Gasteiger charge is 2.31. The molecule has 0 amide bonds. The predicted molar refractivity (Wildman–Crippen MR) is 96.8 cm³/mol. The molecule has 2 aliphatic heterocycles. The van der Waals surface area contributed by atoms with E-state index in [-0.39, 0.29) is 12.9 Å². The van der Waals surface area contributed by atoms with Gasteiger partial charge in [0.1, 0.15) is 11.9 Å². The maximum atomic E-state index is 6.27. The first kappa shape index (κ1) is 15.8. The van der Waals surface area contributed by atoms with Gasteiger partial charge < -0.3 is 14.2 Å². The topological polar surface area (TPSA) is 30.9 Å². The van der Waals surface area contributed by atoms with Crippen molar-refractivity contribution in [2.45, 2.75) is 26.0 Å². The highest BCUT2D eigenvalue weighted by Crippen LogP contribution is 2.42. The van der Waals surface area contributed by atoms with Crippen LogP contribution in [0.2, 0.25) is 0 Å². The fourth-order valence-electron chi connectivity index (χ4n) is 3.08. The first-order chi connectivity index (χ1) is 11.6. The predicted octanol–water partition coefficient (Wildman–Crippen LogP) is 4.32. The fraction of sp³-hybridized carbons (Fsp3) is 0.368. The summed E-state index contributed by atoms with van der Waals surface area (Å²) >= 11 is 3.67. The van der Waals surface area contributed by atoms with Crippen LogP contribution in [0.4, 0.5) is 0 Å². The lowest BCUT2D eigenvalue weighted by molar-refractivity contribution is 0.000441. The molecule has 5 heteroatoms. The summed E-state index contributed by atoms with van der Waals surface area (Å²) < 4.78 is 18.2. The van der Waals surface area contributed by atoms with Gasteiger partial charge in [-0.15, -0.1) is 0 Å². The van der Waals surface area contributed by atoms with Crippen LogP contribution in [0.15, 0.2) is 40.9 Å². The van der Waals surface area contributed by atoms with E-state index in [2.05, 4.69) is 34.7 Å². The third-order valence-corrected chi connectivity index (χ3v) is 5.20. The Kier molecular flexibility index (Phi) is 4.14. The largest absolute Gasteiger partial charge is 0.487 e. The van der Waals surface area contributed by atoms with Crippen LogP contribution < -0.4 is 14.2 Å². The van der Waals surface area contributed by atoms with E-state index in [0.29, 0.717) is 6.04 Å². The maximum absolute atomic E-state index is 6.27. The van der Waals surface area contributed by atoms with Gasteiger partial charge in [0.05, 0.1) is 0 Å². The number of rotatable bonds is 4. The first-order valence-corrected chi connectivity index (χ1v) is 9.00. The van der Waals surface area contributed by atoms with Gasteiger partial charge in [-0.3, -0.25) is 4.90 Å². The molecule has 2 aliphatic rings. The summed E-state index contributed by atoms with van der Waals surface area (Å²) in [6.45, 7) is 6.67. The molecule has 1 saturated heterocycles. The molecule has 2 heterocycles. The van der Waals surface area contributed by atoms with Crippen molar-refractivity contribution in [1.29, 1.82) is 0 Å². The average Bonchev–Trinajstić information content (AvgIpc) is 2.97. The van der Waals surface area contributed by atoms with Crippen molar-refractivity contribution < 1.29 is 14.2 Å². The van der Waals surface area contributed by atoms with Crippen LogP contribution in [-0.4, -0.2) is 36.9 Å². The van der Waals surface area contributed by atoms with Crippen LogP contribution in [0.3, 0.4) is 0 Å². The molecule has 0 N–H and O–H groups in total. The number of benzene rings is 2. The molecule has 0 unspecified atom stereocenters. The van der Waals surface area contributed by atoms with E-state index >= 15 is 0 Å². The smallest absolute Gasteiger partial charge is 0.231 e. The highest BCUT2D eigenvalue weighted by molar-refractivity contribution is 9.10. The lowest BCUT2D eigenvalue weighted by atomic mass is 10.0. The van der Waals surface area contributed by atoms with Gasteiger partial charge in [0.15, 0.2) is 11.5 Å². The van der Waals surface area contributed by atoms with Crippen molar-refractivity contribution in [3.8, 4) is 28.4 Å². The molecule has 4 nitrogen and oxygen atoms in total. The van der Waals surface area contributed by atoms with Gasteiger partial charge in [-0.2, -0.15) is 0 Å². The Labute approximate surface area is 150 Å². The second kappa shape index (κ2) is 6.30. The molecule has 2 aromatic carbocycles. The van der Waals surface area contributed by atoms with Crippen LogP contribution in [-0.2, 0) is 0 Å². The summed E-state index contributed by atoms with van der Waals surface area (Å²) in [6.07, 6.45) is 0.245. The molecule has 0 radical (unpaired) electrons. The third-order valence-electron chi connectivity index (χ3n) is 4.54. The molecule has 126 valence electrons. The SMILES string of the molecule is CC(C)N1CC(Oc2cccc(Br)c2-c2ccc3c(c2)OCO3)C1. The maximum Gasteiger partial charge on any atom is 0.231 e. The van der Waals surface area contributed by atoms with Crippen molar-refractivity contribution in [3.63, 3.8) is 0 Å². The van der Waals surface area contributed by atoms with Crippen LogP contribution in [0, 0.1) is 0 Å². The molecule has 1 fully saturated rings. The number of hydrogen-bond acceptors (Lipinski definition) is 4. The van der Waals surface area contributed by atoms with Crippen molar-refractivity contribution >= 4 is 15.9 Å². The minimum atomic E-state index is 0.245. The second-order valence-corrected chi connectivity index (χ2v) is 7.32. The third kappa shape index (κ3) is 2.87. The summed E-state index contributed by atoms with van der Waals surface area (Å²) in [5.41, 5.74) is 2.11. The van der Waals surface area contributed by atoms with E-state index in [1.807, 2.05) is 36.4 Å². The molecule has 0 aromatic heterocycles. The summed E-state index contributed by atoms with van der Waals surface area (Å²) in [5.74, 6) is 2.47. The number of likely N-dealkylation sites (tertiary alicyclic amines) is 1. The number of hydrogen-bond donors (Lipinski definition) is 0. The van der Waals surface area contributed by atoms with E-state index in [4.69, 9.17) is 14.2 Å². The molecule has 4 rings (SSSR count). The lowest BCUT2D eigenvalue weighted by Crippen LogP contribution is -2.56. The molecule has 24 heavy (non-hydrogen) atoms. The zero-order chi connectivity index (χ0) is 16.7. The zero-order valence-electron chi connectivity index (χ0n) is 13.8. The standard InChI is InChI=1S/C19H20BrNO3/c1-12(2)21-9-14(10-21)24-17-5-3-4-15(20)19(17)13-6-7-16-18(8-13)23-11-22-16/h3-8,12,14H,9-11H2,1-2H3. The quantitative estimate of drug-likeness (QED) is 0.778. The normalized spacial score (nSPS) is 17.2. The molecule has 2 aromatic rings. The minimum absolute atomic E-state index is 0.245. The molecule has 0 spiro atoms. The Bertz CT molecular complexity index is 756. The van der Waals surface area contributed by atoms with Gasteiger partial charge in [0.2, 0.25) is 6.79 Å². The Morgan fingerprint density at radius 3 is 2.71 bits per heavy atom. The summed E-state index contributed by atoms with van der Waals surface area (Å²) in [5, 5.41) is 0. The van der Waals surface area contributed by atoms with E-state index in [0.717, 1.165) is 45.9 Å². The molecular weight excluding hydrogens is 370 g/mol. The first-order valence-electron chi connectivity index (χ1n) is 8.21. The van der Waals surface area contributed by atoms with Gasteiger partial charge >= 0.3 is 0 Å². The van der Waals surface area contributed by atoms with Gasteiger partial charge in [-0.25, -0.2) is 0 Å². The summed E-state index contributed by atoms with van der Waals surface area (Å²) in [4.78, 5) is 2.41. The number of nitrogens with zero attached hydrogens (tertiary/aromatic N) is 1. The molecule has 0 atom stereocenters. The Morgan fingerprint density at radius 2 is 1.92 bits per heavy atom. The van der Waals surface area contributed by atoms with Gasteiger partial charge in [0, 0.05) is 29.2 Å². The Hall–Kier alpha value is -1.72. The van der Waals surface area contributed by atoms with E-state index < -0.39 is 0 Å². The van der Waals surface area contributed by atoms with Crippen molar-refractivity contribution in [3.05, 3.63) is 40.9 Å². The molecule has 0 aliphatic carbocycles. The van der Waals surface area contributed by atoms with E-state index in [9.17, 15) is 0 Å². The van der Waals surface area contributed by atoms with Crippen molar-refractivity contribution in [1.82, 2.24) is 4.90 Å². The van der Waals surface area contributed by atoms with Crippen LogP contribution >= 0.6 is 15.9 Å². The number of fused-ring (bicyclic) bond motifs is 1. The number of ether oxygens (including phenoxy) is 3. The molecular formula is C19H20BrNO3. The average molecular weight is 390 g/mol. The van der Waals surface area contributed by atoms with E-state index in [1.54, 1.807) is 0 Å². The van der Waals surface area contributed by atoms with Crippen molar-refractivity contribution in [2.75, 3.05) is 19.9 Å². The molecule has 0 bridgehead atoms. The van der Waals surface area contributed by atoms with Crippen LogP contribution in [0.1, 0.15) is 13.8 Å². The monoisotopic (exact) mass is 389 g/mol. The highest BCUT2D eigenvalue weighted by atomic mass is 79.9. The fourth-order valence-corrected chi connectivity index (χ4v) is 3.66. The van der Waals surface area contributed by atoms with Gasteiger partial charge in [-0.05, 0) is 43.7 Å². The van der Waals surface area contributed by atoms with Gasteiger partial charge in [-0.1, -0.05) is 28.1 Å². The van der Waals surface area contributed by atoms with Crippen LogP contribution in [0.25, 0.3) is 11.1 Å². The Morgan fingerprint density at radius 1 is 1.12 bits per heavy atom. The zero-order valence-corrected chi connectivity index (χ0v) is 15.4. The molecule has 0 saturated carbocycles. The summed E-state index contributed by atoms with van der Waals surface area (Å²) in [7, 11) is 0. The minimum Gasteiger partial charge on any atom is -0.487 e. The Balaban J connectivity index is 1.61. The van der Waals surface area contributed by atoms with Gasteiger partial charge in [0.25, 0.3) is 0 Å². The second-order valence-electron chi connectivity index (χ2n) is 6.47. The van der Waals surface area contributed by atoms with E-state index in [1.165, 1.54) is 0 Å². The van der Waals surface area contributed by atoms with Crippen LogP contribution in [0.5, 0.6) is 17.2 Å². The number of halogens is 1. The summed E-state index contributed by atoms with van der Waals surface area (Å²) in [6, 6.07) is 12.6. The van der Waals surface area contributed by atoms with Crippen molar-refractivity contribution in [2.24, 2.45) is 0 Å². The lowest BCUT2D eigenvalue weighted by Gasteiger charge is -2.41.